The highest BCUT2D eigenvalue weighted by molar-refractivity contribution is 6.30. The summed E-state index contributed by atoms with van der Waals surface area (Å²) in [6.07, 6.45) is 6.26. The first-order chi connectivity index (χ1) is 11.6. The number of carbonyl (C=O) groups is 1. The number of piperazine rings is 1. The predicted molar refractivity (Wildman–Crippen MR) is 98.5 cm³/mol. The van der Waals surface area contributed by atoms with Crippen LogP contribution in [0.5, 0.6) is 0 Å². The fourth-order valence-corrected chi connectivity index (χ4v) is 5.27. The molecule has 1 amide bonds. The third-order valence-corrected chi connectivity index (χ3v) is 6.70. The average molecular weight is 347 g/mol. The molecule has 4 rings (SSSR count). The van der Waals surface area contributed by atoms with Crippen LogP contribution in [0.25, 0.3) is 0 Å². The van der Waals surface area contributed by atoms with E-state index in [1.54, 1.807) is 0 Å². The summed E-state index contributed by atoms with van der Waals surface area (Å²) in [5.41, 5.74) is 2.46. The lowest BCUT2D eigenvalue weighted by atomic mass is 9.86. The molecule has 4 heteroatoms. The number of hydrogen-bond acceptors (Lipinski definition) is 2. The van der Waals surface area contributed by atoms with Gasteiger partial charge in [0.2, 0.25) is 5.91 Å². The van der Waals surface area contributed by atoms with Gasteiger partial charge in [-0.15, -0.1) is 0 Å². The van der Waals surface area contributed by atoms with Gasteiger partial charge in [0.1, 0.15) is 0 Å². The van der Waals surface area contributed by atoms with E-state index < -0.39 is 0 Å². The molecule has 0 aromatic heterocycles. The summed E-state index contributed by atoms with van der Waals surface area (Å²) in [5.74, 6) is 2.82. The minimum atomic E-state index is 0.384. The molecule has 3 fully saturated rings. The lowest BCUT2D eigenvalue weighted by molar-refractivity contribution is -0.132. The fraction of sp³-hybridized carbons (Fsp3) is 0.650. The van der Waals surface area contributed by atoms with E-state index in [2.05, 4.69) is 22.8 Å². The largest absolute Gasteiger partial charge is 0.368 e. The Balaban J connectivity index is 1.32. The normalized spacial score (nSPS) is 29.3. The molecule has 130 valence electrons. The van der Waals surface area contributed by atoms with Crippen molar-refractivity contribution in [2.75, 3.05) is 31.1 Å². The van der Waals surface area contributed by atoms with Crippen molar-refractivity contribution in [1.29, 1.82) is 0 Å². The van der Waals surface area contributed by atoms with E-state index in [1.165, 1.54) is 36.9 Å². The molecule has 0 radical (unpaired) electrons. The maximum Gasteiger partial charge on any atom is 0.222 e. The third-order valence-electron chi connectivity index (χ3n) is 6.47. The first-order valence-electron chi connectivity index (χ1n) is 9.39. The second kappa shape index (κ2) is 6.59. The van der Waals surface area contributed by atoms with Crippen LogP contribution in [0.4, 0.5) is 5.69 Å². The molecule has 24 heavy (non-hydrogen) atoms. The van der Waals surface area contributed by atoms with Gasteiger partial charge in [-0.3, -0.25) is 4.79 Å². The smallest absolute Gasteiger partial charge is 0.222 e. The number of amides is 1. The monoisotopic (exact) mass is 346 g/mol. The molecular weight excluding hydrogens is 320 g/mol. The number of benzene rings is 1. The minimum absolute atomic E-state index is 0.384. The molecule has 3 aliphatic rings. The molecule has 0 spiro atoms. The Bertz CT molecular complexity index is 624. The highest BCUT2D eigenvalue weighted by Crippen LogP contribution is 2.49. The lowest BCUT2D eigenvalue weighted by Gasteiger charge is -2.37. The number of rotatable bonds is 3. The van der Waals surface area contributed by atoms with Crippen molar-refractivity contribution in [3.63, 3.8) is 0 Å². The highest BCUT2D eigenvalue weighted by atomic mass is 35.5. The van der Waals surface area contributed by atoms with Gasteiger partial charge in [0.25, 0.3) is 0 Å². The van der Waals surface area contributed by atoms with Crippen LogP contribution < -0.4 is 4.90 Å². The molecule has 2 saturated carbocycles. The third kappa shape index (κ3) is 3.15. The van der Waals surface area contributed by atoms with Crippen LogP contribution in [0.1, 0.15) is 37.7 Å². The van der Waals surface area contributed by atoms with Crippen molar-refractivity contribution in [1.82, 2.24) is 4.90 Å². The maximum absolute atomic E-state index is 12.7. The van der Waals surface area contributed by atoms with Crippen LogP contribution in [0.3, 0.4) is 0 Å². The van der Waals surface area contributed by atoms with Crippen LogP contribution in [-0.2, 0) is 4.79 Å². The topological polar surface area (TPSA) is 23.6 Å². The van der Waals surface area contributed by atoms with E-state index in [4.69, 9.17) is 11.6 Å². The zero-order valence-electron chi connectivity index (χ0n) is 14.5. The Morgan fingerprint density at radius 1 is 1.17 bits per heavy atom. The number of anilines is 1. The molecule has 2 bridgehead atoms. The number of hydrogen-bond donors (Lipinski definition) is 0. The number of halogens is 1. The van der Waals surface area contributed by atoms with Gasteiger partial charge in [-0.05, 0) is 61.6 Å². The molecule has 1 saturated heterocycles. The molecule has 3 nitrogen and oxygen atoms in total. The fourth-order valence-electron chi connectivity index (χ4n) is 5.10. The van der Waals surface area contributed by atoms with Crippen molar-refractivity contribution >= 4 is 23.2 Å². The maximum atomic E-state index is 12.7. The SMILES string of the molecule is Cc1ccc(Cl)cc1N1CCN(C(=O)CC2CC3CCC2C3)CC1. The van der Waals surface area contributed by atoms with Crippen molar-refractivity contribution < 1.29 is 4.79 Å². The van der Waals surface area contributed by atoms with Gasteiger partial charge in [-0.25, -0.2) is 0 Å². The van der Waals surface area contributed by atoms with E-state index in [0.29, 0.717) is 11.8 Å². The van der Waals surface area contributed by atoms with Crippen LogP contribution in [0.15, 0.2) is 18.2 Å². The van der Waals surface area contributed by atoms with Gasteiger partial charge in [-0.1, -0.05) is 24.1 Å². The van der Waals surface area contributed by atoms with Crippen molar-refractivity contribution in [3.05, 3.63) is 28.8 Å². The Morgan fingerprint density at radius 3 is 2.62 bits per heavy atom. The summed E-state index contributed by atoms with van der Waals surface area (Å²) >= 11 is 6.15. The molecule has 3 unspecified atom stereocenters. The van der Waals surface area contributed by atoms with E-state index in [9.17, 15) is 4.79 Å². The first kappa shape index (κ1) is 16.3. The number of nitrogens with zero attached hydrogens (tertiary/aromatic N) is 2. The van der Waals surface area contributed by atoms with E-state index in [1.807, 2.05) is 12.1 Å². The zero-order chi connectivity index (χ0) is 16.7. The van der Waals surface area contributed by atoms with E-state index >= 15 is 0 Å². The van der Waals surface area contributed by atoms with E-state index in [-0.39, 0.29) is 0 Å². The minimum Gasteiger partial charge on any atom is -0.368 e. The Labute approximate surface area is 150 Å². The number of aryl methyl sites for hydroxylation is 1. The Hall–Kier alpha value is -1.22. The molecule has 1 aliphatic heterocycles. The predicted octanol–water partition coefficient (Wildman–Crippen LogP) is 4.12. The molecular formula is C20H27ClN2O. The summed E-state index contributed by atoms with van der Waals surface area (Å²) in [6.45, 7) is 5.61. The molecule has 3 atom stereocenters. The first-order valence-corrected chi connectivity index (χ1v) is 9.77. The van der Waals surface area contributed by atoms with Gasteiger partial charge in [0.05, 0.1) is 0 Å². The summed E-state index contributed by atoms with van der Waals surface area (Å²) < 4.78 is 0. The summed E-state index contributed by atoms with van der Waals surface area (Å²) in [6, 6.07) is 6.06. The van der Waals surface area contributed by atoms with Crippen LogP contribution in [0.2, 0.25) is 5.02 Å². The Morgan fingerprint density at radius 2 is 1.96 bits per heavy atom. The number of carbonyl (C=O) groups excluding carboxylic acids is 1. The molecule has 2 aliphatic carbocycles. The standard InChI is InChI=1S/C20H27ClN2O/c1-14-2-5-18(21)13-19(14)22-6-8-23(9-7-22)20(24)12-17-11-15-3-4-16(17)10-15/h2,5,13,15-17H,3-4,6-12H2,1H3. The van der Waals surface area contributed by atoms with E-state index in [0.717, 1.165) is 49.5 Å². The van der Waals surface area contributed by atoms with Crippen LogP contribution in [-0.4, -0.2) is 37.0 Å². The van der Waals surface area contributed by atoms with Gasteiger partial charge >= 0.3 is 0 Å². The van der Waals surface area contributed by atoms with Gasteiger partial charge in [0, 0.05) is 43.3 Å². The lowest BCUT2D eigenvalue weighted by Crippen LogP contribution is -2.49. The van der Waals surface area contributed by atoms with Crippen molar-refractivity contribution in [3.8, 4) is 0 Å². The Kier molecular flexibility index (Phi) is 4.46. The summed E-state index contributed by atoms with van der Waals surface area (Å²) in [5, 5.41) is 0.783. The molecule has 0 N–H and O–H groups in total. The van der Waals surface area contributed by atoms with Gasteiger partial charge in [-0.2, -0.15) is 0 Å². The summed E-state index contributed by atoms with van der Waals surface area (Å²) in [4.78, 5) is 17.1. The van der Waals surface area contributed by atoms with Gasteiger partial charge in [0.15, 0.2) is 0 Å². The van der Waals surface area contributed by atoms with Gasteiger partial charge < -0.3 is 9.80 Å². The van der Waals surface area contributed by atoms with Crippen molar-refractivity contribution in [2.24, 2.45) is 17.8 Å². The zero-order valence-corrected chi connectivity index (χ0v) is 15.3. The highest BCUT2D eigenvalue weighted by Gasteiger charge is 2.40. The average Bonchev–Trinajstić information content (AvgIpc) is 3.20. The van der Waals surface area contributed by atoms with Crippen molar-refractivity contribution in [2.45, 2.75) is 39.0 Å². The summed E-state index contributed by atoms with van der Waals surface area (Å²) in [7, 11) is 0. The second-order valence-corrected chi connectivity index (χ2v) is 8.37. The second-order valence-electron chi connectivity index (χ2n) is 7.94. The van der Waals surface area contributed by atoms with Crippen LogP contribution in [0, 0.1) is 24.7 Å². The number of fused-ring (bicyclic) bond motifs is 2. The molecule has 1 aromatic rings. The quantitative estimate of drug-likeness (QED) is 0.821. The molecule has 1 aromatic carbocycles. The molecule has 1 heterocycles. The van der Waals surface area contributed by atoms with Crippen LogP contribution >= 0.6 is 11.6 Å².